The molecule has 0 bridgehead atoms. The molecule has 3 aromatic rings. The maximum Gasteiger partial charge on any atom is 0.272 e. The number of nitrogens with one attached hydrogen (secondary N) is 1. The van der Waals surface area contributed by atoms with E-state index in [1.165, 1.54) is 18.6 Å². The van der Waals surface area contributed by atoms with Gasteiger partial charge in [0.25, 0.3) is 5.91 Å². The predicted molar refractivity (Wildman–Crippen MR) is 82.0 cm³/mol. The Morgan fingerprint density at radius 3 is 2.27 bits per heavy atom. The third-order valence-corrected chi connectivity index (χ3v) is 3.24. The molecule has 0 aliphatic rings. The van der Waals surface area contributed by atoms with Gasteiger partial charge in [-0.15, -0.1) is 0 Å². The van der Waals surface area contributed by atoms with E-state index in [1.54, 1.807) is 12.4 Å². The molecule has 3 rings (SSSR count). The molecule has 22 heavy (non-hydrogen) atoms. The molecule has 0 aliphatic carbocycles. The Morgan fingerprint density at radius 2 is 1.59 bits per heavy atom. The van der Waals surface area contributed by atoms with Crippen LogP contribution in [-0.4, -0.2) is 20.9 Å². The minimum absolute atomic E-state index is 0.265. The molecular weight excluding hydrogens is 276 g/mol. The second kappa shape index (κ2) is 6.58. The average molecular weight is 290 g/mol. The highest BCUT2D eigenvalue weighted by Crippen LogP contribution is 2.21. The van der Waals surface area contributed by atoms with Crippen molar-refractivity contribution in [1.29, 1.82) is 0 Å². The maximum absolute atomic E-state index is 12.4. The highest BCUT2D eigenvalue weighted by Gasteiger charge is 2.18. The van der Waals surface area contributed by atoms with Crippen molar-refractivity contribution in [1.82, 2.24) is 20.3 Å². The van der Waals surface area contributed by atoms with Crippen LogP contribution in [0, 0.1) is 0 Å². The van der Waals surface area contributed by atoms with E-state index in [0.29, 0.717) is 0 Å². The fraction of sp³-hybridized carbons (Fsp3) is 0.0588. The summed E-state index contributed by atoms with van der Waals surface area (Å²) in [6.45, 7) is 0. The Bertz CT molecular complexity index is 693. The van der Waals surface area contributed by atoms with Crippen LogP contribution in [0.1, 0.15) is 27.7 Å². The molecule has 0 unspecified atom stereocenters. The third kappa shape index (κ3) is 3.15. The number of rotatable bonds is 4. The molecule has 0 spiro atoms. The molecule has 0 aliphatic heterocycles. The normalized spacial score (nSPS) is 11.6. The van der Waals surface area contributed by atoms with Crippen molar-refractivity contribution in [2.75, 3.05) is 0 Å². The number of aromatic nitrogens is 3. The van der Waals surface area contributed by atoms with E-state index in [9.17, 15) is 4.79 Å². The summed E-state index contributed by atoms with van der Waals surface area (Å²) in [6.07, 6.45) is 7.90. The zero-order valence-corrected chi connectivity index (χ0v) is 11.8. The van der Waals surface area contributed by atoms with Crippen LogP contribution in [0.25, 0.3) is 0 Å². The standard InChI is InChI=1S/C17H14N4O/c22-17(15-12-19-10-11-20-15)21-16(13-4-2-1-3-5-13)14-6-8-18-9-7-14/h1-12,16H,(H,21,22)/t16-/m1/s1. The second-order valence-corrected chi connectivity index (χ2v) is 4.69. The van der Waals surface area contributed by atoms with Crippen molar-refractivity contribution < 1.29 is 4.79 Å². The van der Waals surface area contributed by atoms with Crippen LogP contribution in [0.4, 0.5) is 0 Å². The Hall–Kier alpha value is -3.08. The third-order valence-electron chi connectivity index (χ3n) is 3.24. The zero-order valence-electron chi connectivity index (χ0n) is 11.8. The van der Waals surface area contributed by atoms with Gasteiger partial charge in [-0.2, -0.15) is 0 Å². The molecule has 108 valence electrons. The number of pyridine rings is 1. The lowest BCUT2D eigenvalue weighted by Crippen LogP contribution is -2.30. The highest BCUT2D eigenvalue weighted by atomic mass is 16.1. The minimum Gasteiger partial charge on any atom is -0.340 e. The van der Waals surface area contributed by atoms with Crippen LogP contribution in [-0.2, 0) is 0 Å². The first kappa shape index (κ1) is 13.9. The summed E-state index contributed by atoms with van der Waals surface area (Å²) in [4.78, 5) is 24.4. The first-order valence-electron chi connectivity index (χ1n) is 6.86. The monoisotopic (exact) mass is 290 g/mol. The molecule has 1 N–H and O–H groups in total. The summed E-state index contributed by atoms with van der Waals surface area (Å²) in [5.41, 5.74) is 2.24. The van der Waals surface area contributed by atoms with Gasteiger partial charge < -0.3 is 5.32 Å². The summed E-state index contributed by atoms with van der Waals surface area (Å²) in [5, 5.41) is 3.00. The van der Waals surface area contributed by atoms with Crippen LogP contribution >= 0.6 is 0 Å². The highest BCUT2D eigenvalue weighted by molar-refractivity contribution is 5.92. The van der Waals surface area contributed by atoms with Crippen LogP contribution in [0.3, 0.4) is 0 Å². The van der Waals surface area contributed by atoms with Crippen LogP contribution in [0.2, 0.25) is 0 Å². The lowest BCUT2D eigenvalue weighted by molar-refractivity contribution is 0.0937. The Balaban J connectivity index is 1.91. The minimum atomic E-state index is -0.265. The summed E-state index contributed by atoms with van der Waals surface area (Å²) >= 11 is 0. The smallest absolute Gasteiger partial charge is 0.272 e. The number of carbonyl (C=O) groups excluding carboxylic acids is 1. The molecular formula is C17H14N4O. The van der Waals surface area contributed by atoms with Crippen LogP contribution in [0.15, 0.2) is 73.4 Å². The Labute approximate surface area is 128 Å². The van der Waals surface area contributed by atoms with E-state index in [2.05, 4.69) is 20.3 Å². The van der Waals surface area contributed by atoms with Crippen LogP contribution < -0.4 is 5.32 Å². The van der Waals surface area contributed by atoms with Gasteiger partial charge in [-0.05, 0) is 23.3 Å². The van der Waals surface area contributed by atoms with E-state index in [-0.39, 0.29) is 17.6 Å². The van der Waals surface area contributed by atoms with Crippen molar-refractivity contribution in [2.45, 2.75) is 6.04 Å². The topological polar surface area (TPSA) is 67.8 Å². The van der Waals surface area contributed by atoms with E-state index in [1.807, 2.05) is 42.5 Å². The van der Waals surface area contributed by atoms with Crippen molar-refractivity contribution in [3.8, 4) is 0 Å². The van der Waals surface area contributed by atoms with Gasteiger partial charge in [0, 0.05) is 24.8 Å². The molecule has 0 saturated carbocycles. The van der Waals surface area contributed by atoms with Crippen molar-refractivity contribution in [2.24, 2.45) is 0 Å². The number of amides is 1. The second-order valence-electron chi connectivity index (χ2n) is 4.69. The molecule has 5 nitrogen and oxygen atoms in total. The number of hydrogen-bond donors (Lipinski definition) is 1. The predicted octanol–water partition coefficient (Wildman–Crippen LogP) is 2.39. The molecule has 2 aromatic heterocycles. The molecule has 1 aromatic carbocycles. The van der Waals surface area contributed by atoms with Gasteiger partial charge in [0.2, 0.25) is 0 Å². The summed E-state index contributed by atoms with van der Waals surface area (Å²) < 4.78 is 0. The van der Waals surface area contributed by atoms with Crippen molar-refractivity contribution in [3.05, 3.63) is 90.3 Å². The molecule has 1 amide bonds. The van der Waals surface area contributed by atoms with Gasteiger partial charge in [0.05, 0.1) is 12.2 Å². The van der Waals surface area contributed by atoms with Gasteiger partial charge in [-0.1, -0.05) is 30.3 Å². The Kier molecular flexibility index (Phi) is 4.15. The van der Waals surface area contributed by atoms with Gasteiger partial charge in [-0.25, -0.2) is 4.98 Å². The van der Waals surface area contributed by atoms with Gasteiger partial charge in [-0.3, -0.25) is 14.8 Å². The lowest BCUT2D eigenvalue weighted by Gasteiger charge is -2.19. The largest absolute Gasteiger partial charge is 0.340 e. The quantitative estimate of drug-likeness (QED) is 0.801. The first-order chi connectivity index (χ1) is 10.8. The zero-order chi connectivity index (χ0) is 15.2. The summed E-state index contributed by atoms with van der Waals surface area (Å²) in [5.74, 6) is -0.265. The molecule has 0 saturated heterocycles. The first-order valence-corrected chi connectivity index (χ1v) is 6.86. The molecule has 1 atom stereocenters. The summed E-state index contributed by atoms with van der Waals surface area (Å²) in [7, 11) is 0. The van der Waals surface area contributed by atoms with Crippen molar-refractivity contribution >= 4 is 5.91 Å². The molecule has 5 heteroatoms. The van der Waals surface area contributed by atoms with E-state index >= 15 is 0 Å². The van der Waals surface area contributed by atoms with Crippen molar-refractivity contribution in [3.63, 3.8) is 0 Å². The molecule has 0 fully saturated rings. The number of hydrogen-bond acceptors (Lipinski definition) is 4. The van der Waals surface area contributed by atoms with E-state index in [4.69, 9.17) is 0 Å². The maximum atomic E-state index is 12.4. The van der Waals surface area contributed by atoms with E-state index in [0.717, 1.165) is 11.1 Å². The fourth-order valence-corrected chi connectivity index (χ4v) is 2.18. The van der Waals surface area contributed by atoms with Gasteiger partial charge in [0.1, 0.15) is 5.69 Å². The van der Waals surface area contributed by atoms with Crippen LogP contribution in [0.5, 0.6) is 0 Å². The summed E-state index contributed by atoms with van der Waals surface area (Å²) in [6, 6.07) is 13.3. The fourth-order valence-electron chi connectivity index (χ4n) is 2.18. The average Bonchev–Trinajstić information content (AvgIpc) is 2.62. The molecule has 0 radical (unpaired) electrons. The van der Waals surface area contributed by atoms with Gasteiger partial charge >= 0.3 is 0 Å². The number of benzene rings is 1. The Morgan fingerprint density at radius 1 is 0.864 bits per heavy atom. The number of carbonyl (C=O) groups is 1. The lowest BCUT2D eigenvalue weighted by atomic mass is 9.99. The van der Waals surface area contributed by atoms with E-state index < -0.39 is 0 Å². The molecule has 2 heterocycles. The van der Waals surface area contributed by atoms with Gasteiger partial charge in [0.15, 0.2) is 0 Å². The SMILES string of the molecule is O=C(N[C@H](c1ccccc1)c1ccncc1)c1cnccn1. The number of nitrogens with zero attached hydrogens (tertiary/aromatic N) is 3.